The van der Waals surface area contributed by atoms with Crippen molar-refractivity contribution in [2.75, 3.05) is 0 Å². The largest absolute Gasteiger partial charge is 0.409 e. The third-order valence-electron chi connectivity index (χ3n) is 2.07. The van der Waals surface area contributed by atoms with Gasteiger partial charge in [-0.1, -0.05) is 23.2 Å². The lowest BCUT2D eigenvalue weighted by Gasteiger charge is -1.98. The second-order valence-electron chi connectivity index (χ2n) is 3.11. The van der Waals surface area contributed by atoms with E-state index in [4.69, 9.17) is 39.8 Å². The predicted octanol–water partition coefficient (Wildman–Crippen LogP) is 4.20. The minimum Gasteiger partial charge on any atom is -0.409 e. The molecule has 3 nitrogen and oxygen atoms in total. The molecule has 0 saturated carbocycles. The summed E-state index contributed by atoms with van der Waals surface area (Å²) in [7, 11) is 0. The molecule has 0 bridgehead atoms. The van der Waals surface area contributed by atoms with Crippen molar-refractivity contribution in [2.24, 2.45) is 0 Å². The van der Waals surface area contributed by atoms with Crippen molar-refractivity contribution in [3.05, 3.63) is 33.1 Å². The summed E-state index contributed by atoms with van der Waals surface area (Å²) in [6.07, 6.45) is 0. The average molecular weight is 275 g/mol. The van der Waals surface area contributed by atoms with E-state index in [1.54, 1.807) is 22.9 Å². The molecule has 2 aromatic rings. The molecule has 16 heavy (non-hydrogen) atoms. The Labute approximate surface area is 108 Å². The van der Waals surface area contributed by atoms with Crippen molar-refractivity contribution in [2.45, 2.75) is 13.5 Å². The van der Waals surface area contributed by atoms with Gasteiger partial charge in [0.05, 0.1) is 10.6 Å². The van der Waals surface area contributed by atoms with Gasteiger partial charge in [-0.3, -0.25) is 0 Å². The lowest BCUT2D eigenvalue weighted by Crippen LogP contribution is -1.95. The van der Waals surface area contributed by atoms with E-state index in [-0.39, 0.29) is 0 Å². The minimum atomic E-state index is 0.337. The third kappa shape index (κ3) is 2.14. The van der Waals surface area contributed by atoms with Crippen molar-refractivity contribution in [1.82, 2.24) is 9.78 Å². The molecule has 0 radical (unpaired) electrons. The van der Waals surface area contributed by atoms with Crippen LogP contribution in [0.3, 0.4) is 0 Å². The Hall–Kier alpha value is -0.840. The minimum absolute atomic E-state index is 0.337. The molecule has 0 atom stereocenters. The van der Waals surface area contributed by atoms with Crippen molar-refractivity contribution >= 4 is 35.4 Å². The Morgan fingerprint density at radius 3 is 2.75 bits per heavy atom. The van der Waals surface area contributed by atoms with Crippen LogP contribution in [0.5, 0.6) is 0 Å². The second kappa shape index (κ2) is 4.57. The van der Waals surface area contributed by atoms with Crippen LogP contribution in [0, 0.1) is 4.84 Å². The molecule has 1 aromatic heterocycles. The van der Waals surface area contributed by atoms with Crippen LogP contribution in [0.4, 0.5) is 0 Å². The Balaban J connectivity index is 2.54. The monoisotopic (exact) mass is 274 g/mol. The van der Waals surface area contributed by atoms with Gasteiger partial charge in [0.2, 0.25) is 5.89 Å². The summed E-state index contributed by atoms with van der Waals surface area (Å²) in [5.74, 6) is 0.411. The first-order valence-electron chi connectivity index (χ1n) is 4.65. The van der Waals surface area contributed by atoms with E-state index in [0.717, 1.165) is 0 Å². The molecule has 2 rings (SSSR count). The van der Waals surface area contributed by atoms with E-state index in [0.29, 0.717) is 32.9 Å². The van der Waals surface area contributed by atoms with Crippen LogP contribution >= 0.6 is 35.4 Å². The van der Waals surface area contributed by atoms with Crippen LogP contribution in [0.2, 0.25) is 10.0 Å². The van der Waals surface area contributed by atoms with Gasteiger partial charge in [-0.25, -0.2) is 4.68 Å². The van der Waals surface area contributed by atoms with Gasteiger partial charge >= 0.3 is 0 Å². The van der Waals surface area contributed by atoms with Crippen molar-refractivity contribution < 1.29 is 4.42 Å². The Kier molecular flexibility index (Phi) is 3.33. The summed E-state index contributed by atoms with van der Waals surface area (Å²) >= 11 is 16.9. The third-order valence-corrected chi connectivity index (χ3v) is 2.91. The van der Waals surface area contributed by atoms with Gasteiger partial charge in [-0.05, 0) is 37.3 Å². The number of rotatable bonds is 2. The molecule has 6 heteroatoms. The highest BCUT2D eigenvalue weighted by Gasteiger charge is 2.11. The zero-order valence-electron chi connectivity index (χ0n) is 8.41. The van der Waals surface area contributed by atoms with Crippen molar-refractivity contribution in [3.63, 3.8) is 0 Å². The zero-order valence-corrected chi connectivity index (χ0v) is 10.7. The molecule has 1 heterocycles. The molecule has 1 aromatic carbocycles. The fourth-order valence-corrected chi connectivity index (χ4v) is 2.02. The number of hydrogen-bond donors (Lipinski definition) is 0. The van der Waals surface area contributed by atoms with Gasteiger partial charge in [-0.2, -0.15) is 0 Å². The Bertz CT molecular complexity index is 576. The zero-order chi connectivity index (χ0) is 11.7. The lowest BCUT2D eigenvalue weighted by atomic mass is 10.2. The van der Waals surface area contributed by atoms with Gasteiger partial charge in [0.1, 0.15) is 0 Å². The summed E-state index contributed by atoms with van der Waals surface area (Å²) in [6, 6.07) is 5.12. The van der Waals surface area contributed by atoms with E-state index >= 15 is 0 Å². The van der Waals surface area contributed by atoms with E-state index in [9.17, 15) is 0 Å². The quantitative estimate of drug-likeness (QED) is 0.769. The van der Waals surface area contributed by atoms with Crippen LogP contribution in [0.15, 0.2) is 22.6 Å². The smallest absolute Gasteiger partial charge is 0.287 e. The average Bonchev–Trinajstić information content (AvgIpc) is 2.59. The normalized spacial score (nSPS) is 10.7. The predicted molar refractivity (Wildman–Crippen MR) is 66.5 cm³/mol. The molecule has 0 aliphatic carbocycles. The molecule has 84 valence electrons. The highest BCUT2D eigenvalue weighted by molar-refractivity contribution is 7.71. The van der Waals surface area contributed by atoms with Crippen molar-refractivity contribution in [3.8, 4) is 11.5 Å². The summed E-state index contributed by atoms with van der Waals surface area (Å²) in [6.45, 7) is 2.60. The maximum absolute atomic E-state index is 6.04. The molecule has 0 N–H and O–H groups in total. The van der Waals surface area contributed by atoms with Crippen LogP contribution in [-0.4, -0.2) is 9.78 Å². The van der Waals surface area contributed by atoms with Gasteiger partial charge in [0, 0.05) is 11.6 Å². The lowest BCUT2D eigenvalue weighted by molar-refractivity contribution is 0.520. The maximum Gasteiger partial charge on any atom is 0.287 e. The summed E-state index contributed by atoms with van der Waals surface area (Å²) < 4.78 is 6.94. The molecule has 0 aliphatic rings. The molecular formula is C10H8Cl2N2OS. The Morgan fingerprint density at radius 1 is 1.44 bits per heavy atom. The topological polar surface area (TPSA) is 31.0 Å². The number of aromatic nitrogens is 2. The number of nitrogens with zero attached hydrogens (tertiary/aromatic N) is 2. The molecule has 0 fully saturated rings. The molecule has 0 spiro atoms. The SMILES string of the molecule is CCn1nc(-c2ccc(Cl)cc2Cl)oc1=S. The fourth-order valence-electron chi connectivity index (χ4n) is 1.28. The number of hydrogen-bond acceptors (Lipinski definition) is 3. The Morgan fingerprint density at radius 2 is 2.19 bits per heavy atom. The van der Waals surface area contributed by atoms with Crippen LogP contribution in [-0.2, 0) is 6.54 Å². The molecule has 0 aliphatic heterocycles. The number of halogens is 2. The van der Waals surface area contributed by atoms with Crippen LogP contribution < -0.4 is 0 Å². The van der Waals surface area contributed by atoms with E-state index in [2.05, 4.69) is 5.10 Å². The summed E-state index contributed by atoms with van der Waals surface area (Å²) in [4.78, 5) is 0.337. The highest BCUT2D eigenvalue weighted by Crippen LogP contribution is 2.29. The van der Waals surface area contributed by atoms with Crippen LogP contribution in [0.1, 0.15) is 6.92 Å². The first-order chi connectivity index (χ1) is 7.61. The standard InChI is InChI=1S/C10H8Cl2N2OS/c1-2-14-10(16)15-9(13-14)7-4-3-6(11)5-8(7)12/h3-5H,2H2,1H3. The van der Waals surface area contributed by atoms with Crippen LogP contribution in [0.25, 0.3) is 11.5 Å². The first-order valence-corrected chi connectivity index (χ1v) is 5.81. The molecular weight excluding hydrogens is 267 g/mol. The molecule has 0 amide bonds. The highest BCUT2D eigenvalue weighted by atomic mass is 35.5. The molecule has 0 unspecified atom stereocenters. The van der Waals surface area contributed by atoms with Gasteiger partial charge < -0.3 is 4.42 Å². The van der Waals surface area contributed by atoms with Gasteiger partial charge in [0.15, 0.2) is 0 Å². The van der Waals surface area contributed by atoms with E-state index in [1.807, 2.05) is 6.92 Å². The van der Waals surface area contributed by atoms with Gasteiger partial charge in [-0.15, -0.1) is 5.10 Å². The van der Waals surface area contributed by atoms with Crippen molar-refractivity contribution in [1.29, 1.82) is 0 Å². The summed E-state index contributed by atoms with van der Waals surface area (Å²) in [5, 5.41) is 5.27. The summed E-state index contributed by atoms with van der Waals surface area (Å²) in [5.41, 5.74) is 0.685. The number of aryl methyl sites for hydroxylation is 1. The number of benzene rings is 1. The first kappa shape index (κ1) is 11.6. The van der Waals surface area contributed by atoms with E-state index in [1.165, 1.54) is 0 Å². The van der Waals surface area contributed by atoms with Gasteiger partial charge in [0.25, 0.3) is 4.84 Å². The second-order valence-corrected chi connectivity index (χ2v) is 4.31. The maximum atomic E-state index is 6.04. The van der Waals surface area contributed by atoms with E-state index < -0.39 is 0 Å². The fraction of sp³-hybridized carbons (Fsp3) is 0.200. The molecule has 0 saturated heterocycles.